The molecular formula is C12H20N2O6. The first-order valence-corrected chi connectivity index (χ1v) is 6.25. The van der Waals surface area contributed by atoms with Crippen LogP contribution in [-0.2, 0) is 19.2 Å². The van der Waals surface area contributed by atoms with Gasteiger partial charge in [-0.25, -0.2) is 4.79 Å². The molecule has 0 aliphatic carbocycles. The Bertz CT molecular complexity index is 382. The van der Waals surface area contributed by atoms with Crippen molar-refractivity contribution in [1.82, 2.24) is 10.6 Å². The average molecular weight is 288 g/mol. The SMILES string of the molecule is CCNC(CCC(=O)NC(CC(=O)O)C(=O)O)C(C)=O. The molecule has 0 aliphatic heterocycles. The summed E-state index contributed by atoms with van der Waals surface area (Å²) in [5.74, 6) is -3.43. The third-order valence-corrected chi connectivity index (χ3v) is 2.61. The van der Waals surface area contributed by atoms with Gasteiger partial charge in [0.1, 0.15) is 11.8 Å². The average Bonchev–Trinajstić information content (AvgIpc) is 2.32. The molecule has 4 N–H and O–H groups in total. The summed E-state index contributed by atoms with van der Waals surface area (Å²) in [4.78, 5) is 44.1. The lowest BCUT2D eigenvalue weighted by Gasteiger charge is -2.16. The molecule has 0 aliphatic rings. The lowest BCUT2D eigenvalue weighted by Crippen LogP contribution is -2.43. The normalized spacial score (nSPS) is 13.3. The maximum absolute atomic E-state index is 11.6. The quantitative estimate of drug-likeness (QED) is 0.421. The molecule has 0 heterocycles. The zero-order chi connectivity index (χ0) is 15.7. The summed E-state index contributed by atoms with van der Waals surface area (Å²) in [6, 6.07) is -1.93. The Morgan fingerprint density at radius 1 is 1.10 bits per heavy atom. The summed E-state index contributed by atoms with van der Waals surface area (Å²) in [5, 5.41) is 22.3. The van der Waals surface area contributed by atoms with E-state index >= 15 is 0 Å². The molecule has 0 saturated heterocycles. The number of rotatable bonds is 10. The number of amides is 1. The van der Waals surface area contributed by atoms with Crippen molar-refractivity contribution in [1.29, 1.82) is 0 Å². The van der Waals surface area contributed by atoms with Crippen LogP contribution >= 0.6 is 0 Å². The second-order valence-electron chi connectivity index (χ2n) is 4.32. The van der Waals surface area contributed by atoms with E-state index in [1.165, 1.54) is 6.92 Å². The van der Waals surface area contributed by atoms with Gasteiger partial charge < -0.3 is 20.8 Å². The largest absolute Gasteiger partial charge is 0.481 e. The minimum Gasteiger partial charge on any atom is -0.481 e. The third-order valence-electron chi connectivity index (χ3n) is 2.61. The van der Waals surface area contributed by atoms with Crippen LogP contribution in [0.2, 0.25) is 0 Å². The lowest BCUT2D eigenvalue weighted by molar-refractivity contribution is -0.147. The van der Waals surface area contributed by atoms with Gasteiger partial charge in [0.15, 0.2) is 0 Å². The summed E-state index contributed by atoms with van der Waals surface area (Å²) in [6.07, 6.45) is -0.514. The molecule has 8 nitrogen and oxygen atoms in total. The smallest absolute Gasteiger partial charge is 0.326 e. The predicted molar refractivity (Wildman–Crippen MR) is 69.2 cm³/mol. The molecule has 0 radical (unpaired) electrons. The number of likely N-dealkylation sites (N-methyl/N-ethyl adjacent to an activating group) is 1. The van der Waals surface area contributed by atoms with Crippen molar-refractivity contribution >= 4 is 23.6 Å². The Kier molecular flexibility index (Phi) is 8.14. The highest BCUT2D eigenvalue weighted by atomic mass is 16.4. The monoisotopic (exact) mass is 288 g/mol. The molecule has 0 fully saturated rings. The second-order valence-corrected chi connectivity index (χ2v) is 4.32. The number of hydrogen-bond donors (Lipinski definition) is 4. The topological polar surface area (TPSA) is 133 Å². The van der Waals surface area contributed by atoms with Gasteiger partial charge in [-0.1, -0.05) is 6.92 Å². The summed E-state index contributed by atoms with van der Waals surface area (Å²) < 4.78 is 0. The van der Waals surface area contributed by atoms with Crippen LogP contribution in [0.3, 0.4) is 0 Å². The van der Waals surface area contributed by atoms with E-state index in [0.29, 0.717) is 6.54 Å². The molecule has 0 aromatic rings. The van der Waals surface area contributed by atoms with Gasteiger partial charge in [-0.15, -0.1) is 0 Å². The van der Waals surface area contributed by atoms with Crippen molar-refractivity contribution < 1.29 is 29.4 Å². The first-order chi connectivity index (χ1) is 9.27. The van der Waals surface area contributed by atoms with Gasteiger partial charge >= 0.3 is 11.9 Å². The third kappa shape index (κ3) is 7.47. The van der Waals surface area contributed by atoms with Crippen LogP contribution in [-0.4, -0.2) is 52.5 Å². The Balaban J connectivity index is 4.35. The van der Waals surface area contributed by atoms with E-state index in [9.17, 15) is 19.2 Å². The number of Topliss-reactive ketones (excluding diaryl/α,β-unsaturated/α-hetero) is 1. The molecule has 0 bridgehead atoms. The molecule has 1 amide bonds. The molecule has 8 heteroatoms. The Morgan fingerprint density at radius 3 is 2.10 bits per heavy atom. The highest BCUT2D eigenvalue weighted by Crippen LogP contribution is 2.01. The number of carbonyl (C=O) groups excluding carboxylic acids is 2. The van der Waals surface area contributed by atoms with Crippen molar-refractivity contribution in [2.45, 2.75) is 45.2 Å². The van der Waals surface area contributed by atoms with Crippen LogP contribution in [0.15, 0.2) is 0 Å². The highest BCUT2D eigenvalue weighted by Gasteiger charge is 2.23. The summed E-state index contributed by atoms with van der Waals surface area (Å²) in [5.41, 5.74) is 0. The molecule has 114 valence electrons. The molecule has 0 rings (SSSR count). The minimum absolute atomic E-state index is 0.0549. The van der Waals surface area contributed by atoms with Crippen LogP contribution in [0.5, 0.6) is 0 Å². The first-order valence-electron chi connectivity index (χ1n) is 6.25. The fourth-order valence-corrected chi connectivity index (χ4v) is 1.61. The molecule has 2 atom stereocenters. The fraction of sp³-hybridized carbons (Fsp3) is 0.667. The van der Waals surface area contributed by atoms with E-state index in [1.807, 2.05) is 6.92 Å². The summed E-state index contributed by atoms with van der Waals surface area (Å²) >= 11 is 0. The molecule has 0 aromatic carbocycles. The minimum atomic E-state index is -1.46. The lowest BCUT2D eigenvalue weighted by atomic mass is 10.1. The van der Waals surface area contributed by atoms with Crippen LogP contribution in [0.25, 0.3) is 0 Å². The van der Waals surface area contributed by atoms with E-state index in [1.54, 1.807) is 0 Å². The van der Waals surface area contributed by atoms with E-state index in [2.05, 4.69) is 10.6 Å². The molecule has 0 aromatic heterocycles. The van der Waals surface area contributed by atoms with E-state index in [-0.39, 0.29) is 18.6 Å². The zero-order valence-corrected chi connectivity index (χ0v) is 11.5. The number of nitrogens with one attached hydrogen (secondary N) is 2. The predicted octanol–water partition coefficient (Wildman–Crippen LogP) is -0.622. The van der Waals surface area contributed by atoms with Gasteiger partial charge in [-0.2, -0.15) is 0 Å². The maximum Gasteiger partial charge on any atom is 0.326 e. The van der Waals surface area contributed by atoms with E-state index < -0.39 is 36.4 Å². The van der Waals surface area contributed by atoms with Crippen LogP contribution < -0.4 is 10.6 Å². The van der Waals surface area contributed by atoms with Crippen molar-refractivity contribution in [3.63, 3.8) is 0 Å². The number of carboxylic acid groups (broad SMARTS) is 2. The number of aliphatic carboxylic acids is 2. The van der Waals surface area contributed by atoms with Gasteiger partial charge in [0.05, 0.1) is 12.5 Å². The fourth-order valence-electron chi connectivity index (χ4n) is 1.61. The van der Waals surface area contributed by atoms with Gasteiger partial charge in [-0.3, -0.25) is 14.4 Å². The van der Waals surface area contributed by atoms with E-state index in [0.717, 1.165) is 0 Å². The molecule has 2 unspecified atom stereocenters. The zero-order valence-electron chi connectivity index (χ0n) is 11.5. The number of carboxylic acids is 2. The van der Waals surface area contributed by atoms with Crippen LogP contribution in [0.1, 0.15) is 33.1 Å². The number of hydrogen-bond acceptors (Lipinski definition) is 5. The summed E-state index contributed by atoms with van der Waals surface area (Å²) in [6.45, 7) is 3.79. The first kappa shape index (κ1) is 18.0. The summed E-state index contributed by atoms with van der Waals surface area (Å²) in [7, 11) is 0. The van der Waals surface area contributed by atoms with Crippen LogP contribution in [0.4, 0.5) is 0 Å². The number of carbonyl (C=O) groups is 4. The van der Waals surface area contributed by atoms with Crippen molar-refractivity contribution in [2.75, 3.05) is 6.54 Å². The Hall–Kier alpha value is -1.96. The Labute approximate surface area is 116 Å². The van der Waals surface area contributed by atoms with Crippen LogP contribution in [0, 0.1) is 0 Å². The molecule has 20 heavy (non-hydrogen) atoms. The van der Waals surface area contributed by atoms with Gasteiger partial charge in [0, 0.05) is 6.42 Å². The molecule has 0 saturated carbocycles. The van der Waals surface area contributed by atoms with Gasteiger partial charge in [0.2, 0.25) is 5.91 Å². The van der Waals surface area contributed by atoms with Gasteiger partial charge in [0.25, 0.3) is 0 Å². The highest BCUT2D eigenvalue weighted by molar-refractivity contribution is 5.87. The number of ketones is 1. The maximum atomic E-state index is 11.6. The van der Waals surface area contributed by atoms with Gasteiger partial charge in [-0.05, 0) is 19.9 Å². The molecular weight excluding hydrogens is 268 g/mol. The second kappa shape index (κ2) is 9.03. The van der Waals surface area contributed by atoms with Crippen molar-refractivity contribution in [3.05, 3.63) is 0 Å². The van der Waals surface area contributed by atoms with Crippen molar-refractivity contribution in [3.8, 4) is 0 Å². The molecule has 0 spiro atoms. The van der Waals surface area contributed by atoms with E-state index in [4.69, 9.17) is 10.2 Å². The Morgan fingerprint density at radius 2 is 1.70 bits per heavy atom. The standard InChI is InChI=1S/C12H20N2O6/c1-3-13-8(7(2)15)4-5-10(16)14-9(12(19)20)6-11(17)18/h8-9,13H,3-6H2,1-2H3,(H,14,16)(H,17,18)(H,19,20). The van der Waals surface area contributed by atoms with Crippen molar-refractivity contribution in [2.24, 2.45) is 0 Å².